The number of carbonyl (C=O) groups excluding carboxylic acids is 2. The van der Waals surface area contributed by atoms with Crippen molar-refractivity contribution in [3.63, 3.8) is 0 Å². The van der Waals surface area contributed by atoms with Crippen LogP contribution in [0, 0.1) is 6.92 Å². The Hall–Kier alpha value is -2.09. The lowest BCUT2D eigenvalue weighted by Crippen LogP contribution is -2.43. The second-order valence-electron chi connectivity index (χ2n) is 5.85. The molecule has 1 heterocycles. The molecule has 1 aliphatic rings. The average molecular weight is 354 g/mol. The molecular formula is C16H22N2O5S. The zero-order valence-electron chi connectivity index (χ0n) is 13.8. The Morgan fingerprint density at radius 1 is 1.38 bits per heavy atom. The van der Waals surface area contributed by atoms with Crippen molar-refractivity contribution in [3.05, 3.63) is 29.3 Å². The monoisotopic (exact) mass is 354 g/mol. The first-order valence-corrected chi connectivity index (χ1v) is 9.59. The van der Waals surface area contributed by atoms with Crippen LogP contribution in [0.2, 0.25) is 0 Å². The zero-order valence-corrected chi connectivity index (χ0v) is 14.6. The van der Waals surface area contributed by atoms with Crippen LogP contribution >= 0.6 is 0 Å². The van der Waals surface area contributed by atoms with Crippen molar-refractivity contribution in [1.82, 2.24) is 4.90 Å². The minimum atomic E-state index is -3.09. The lowest BCUT2D eigenvalue weighted by molar-refractivity contribution is -0.136. The van der Waals surface area contributed by atoms with Gasteiger partial charge in [0.25, 0.3) is 5.91 Å². The van der Waals surface area contributed by atoms with Crippen LogP contribution in [-0.2, 0) is 19.4 Å². The van der Waals surface area contributed by atoms with Crippen molar-refractivity contribution in [2.24, 2.45) is 0 Å². The number of nitrogen functional groups attached to an aromatic ring is 1. The van der Waals surface area contributed by atoms with Gasteiger partial charge < -0.3 is 15.4 Å². The minimum Gasteiger partial charge on any atom is -0.452 e. The summed E-state index contributed by atoms with van der Waals surface area (Å²) in [5, 5.41) is 0. The van der Waals surface area contributed by atoms with Crippen LogP contribution in [0.5, 0.6) is 0 Å². The van der Waals surface area contributed by atoms with Gasteiger partial charge in [0.15, 0.2) is 16.4 Å². The fourth-order valence-electron chi connectivity index (χ4n) is 2.81. The third kappa shape index (κ3) is 4.05. The predicted molar refractivity (Wildman–Crippen MR) is 90.3 cm³/mol. The number of amides is 1. The van der Waals surface area contributed by atoms with E-state index in [1.165, 1.54) is 11.0 Å². The molecule has 1 fully saturated rings. The number of para-hydroxylation sites is 1. The van der Waals surface area contributed by atoms with Crippen molar-refractivity contribution in [3.8, 4) is 0 Å². The van der Waals surface area contributed by atoms with Crippen LogP contribution in [0.3, 0.4) is 0 Å². The van der Waals surface area contributed by atoms with E-state index in [1.807, 2.05) is 0 Å². The highest BCUT2D eigenvalue weighted by Crippen LogP contribution is 2.19. The Labute approximate surface area is 141 Å². The highest BCUT2D eigenvalue weighted by Gasteiger charge is 2.34. The number of aryl methyl sites for hydroxylation is 1. The first-order chi connectivity index (χ1) is 11.2. The molecule has 1 aromatic rings. The number of sulfone groups is 1. The fourth-order valence-corrected chi connectivity index (χ4v) is 4.54. The Morgan fingerprint density at radius 3 is 2.67 bits per heavy atom. The summed E-state index contributed by atoms with van der Waals surface area (Å²) in [6.45, 7) is 3.47. The number of esters is 1. The Bertz CT molecular complexity index is 745. The maximum Gasteiger partial charge on any atom is 0.340 e. The summed E-state index contributed by atoms with van der Waals surface area (Å²) in [7, 11) is -3.09. The van der Waals surface area contributed by atoms with Gasteiger partial charge in [-0.3, -0.25) is 4.79 Å². The van der Waals surface area contributed by atoms with Gasteiger partial charge in [0.1, 0.15) is 0 Å². The maximum absolute atomic E-state index is 12.3. The van der Waals surface area contributed by atoms with E-state index in [1.54, 1.807) is 26.0 Å². The highest BCUT2D eigenvalue weighted by molar-refractivity contribution is 7.91. The van der Waals surface area contributed by atoms with Crippen molar-refractivity contribution >= 4 is 27.4 Å². The van der Waals surface area contributed by atoms with Gasteiger partial charge in [0, 0.05) is 18.3 Å². The van der Waals surface area contributed by atoms with E-state index < -0.39 is 28.3 Å². The minimum absolute atomic E-state index is 0.0364. The van der Waals surface area contributed by atoms with Gasteiger partial charge in [0.05, 0.1) is 17.1 Å². The number of likely N-dealkylation sites (N-methyl/N-ethyl adjacent to an activating group) is 1. The summed E-state index contributed by atoms with van der Waals surface area (Å²) in [5.74, 6) is -1.02. The quantitative estimate of drug-likeness (QED) is 0.618. The van der Waals surface area contributed by atoms with Crippen molar-refractivity contribution in [1.29, 1.82) is 0 Å². The van der Waals surface area contributed by atoms with E-state index in [9.17, 15) is 18.0 Å². The molecule has 1 atom stereocenters. The molecule has 24 heavy (non-hydrogen) atoms. The second-order valence-corrected chi connectivity index (χ2v) is 8.08. The van der Waals surface area contributed by atoms with E-state index in [2.05, 4.69) is 0 Å². The Kier molecular flexibility index (Phi) is 5.48. The summed E-state index contributed by atoms with van der Waals surface area (Å²) in [6, 6.07) is 4.65. The molecule has 1 unspecified atom stereocenters. The third-order valence-corrected chi connectivity index (χ3v) is 5.93. The van der Waals surface area contributed by atoms with E-state index in [0.29, 0.717) is 18.7 Å². The standard InChI is InChI=1S/C16H22N2O5S/c1-3-18(12-7-8-24(21,22)10-12)14(19)9-23-16(20)13-6-4-5-11(2)15(13)17/h4-6,12H,3,7-10,17H2,1-2H3. The van der Waals surface area contributed by atoms with Crippen LogP contribution < -0.4 is 5.73 Å². The fraction of sp³-hybridized carbons (Fsp3) is 0.500. The Morgan fingerprint density at radius 2 is 2.08 bits per heavy atom. The van der Waals surface area contributed by atoms with Gasteiger partial charge in [0.2, 0.25) is 0 Å². The van der Waals surface area contributed by atoms with Crippen molar-refractivity contribution in [2.45, 2.75) is 26.3 Å². The molecule has 1 aliphatic heterocycles. The molecule has 0 bridgehead atoms. The summed E-state index contributed by atoms with van der Waals surface area (Å²) in [4.78, 5) is 25.8. The van der Waals surface area contributed by atoms with E-state index >= 15 is 0 Å². The van der Waals surface area contributed by atoms with Crippen LogP contribution in [0.1, 0.15) is 29.3 Å². The van der Waals surface area contributed by atoms with E-state index in [-0.39, 0.29) is 23.1 Å². The molecule has 7 nitrogen and oxygen atoms in total. The van der Waals surface area contributed by atoms with Gasteiger partial charge >= 0.3 is 5.97 Å². The number of nitrogens with two attached hydrogens (primary N) is 1. The molecule has 8 heteroatoms. The van der Waals surface area contributed by atoms with Crippen LogP contribution in [-0.4, -0.2) is 55.9 Å². The average Bonchev–Trinajstić information content (AvgIpc) is 2.88. The van der Waals surface area contributed by atoms with E-state index in [4.69, 9.17) is 10.5 Å². The number of anilines is 1. The summed E-state index contributed by atoms with van der Waals surface area (Å²) in [5.41, 5.74) is 7.13. The van der Waals surface area contributed by atoms with Crippen molar-refractivity contribution < 1.29 is 22.7 Å². The molecule has 0 aliphatic carbocycles. The number of hydrogen-bond donors (Lipinski definition) is 1. The van der Waals surface area contributed by atoms with Gasteiger partial charge in [-0.25, -0.2) is 13.2 Å². The third-order valence-electron chi connectivity index (χ3n) is 4.18. The van der Waals surface area contributed by atoms with Crippen LogP contribution in [0.25, 0.3) is 0 Å². The molecule has 1 saturated heterocycles. The molecule has 0 saturated carbocycles. The number of carbonyl (C=O) groups is 2. The normalized spacial score (nSPS) is 19.0. The summed E-state index contributed by atoms with van der Waals surface area (Å²) < 4.78 is 28.2. The molecular weight excluding hydrogens is 332 g/mol. The maximum atomic E-state index is 12.3. The van der Waals surface area contributed by atoms with Gasteiger partial charge in [-0.2, -0.15) is 0 Å². The lowest BCUT2D eigenvalue weighted by Gasteiger charge is -2.26. The molecule has 2 rings (SSSR count). The number of rotatable bonds is 5. The highest BCUT2D eigenvalue weighted by atomic mass is 32.2. The number of nitrogens with zero attached hydrogens (tertiary/aromatic N) is 1. The first-order valence-electron chi connectivity index (χ1n) is 7.77. The van der Waals surface area contributed by atoms with Crippen molar-refractivity contribution in [2.75, 3.05) is 30.4 Å². The summed E-state index contributed by atoms with van der Waals surface area (Å²) in [6.07, 6.45) is 0.417. The predicted octanol–water partition coefficient (Wildman–Crippen LogP) is 0.770. The number of ether oxygens (including phenoxy) is 1. The van der Waals surface area contributed by atoms with Gasteiger partial charge in [-0.1, -0.05) is 12.1 Å². The second kappa shape index (κ2) is 7.21. The molecule has 0 spiro atoms. The van der Waals surface area contributed by atoms with Gasteiger partial charge in [-0.05, 0) is 31.9 Å². The summed E-state index contributed by atoms with van der Waals surface area (Å²) >= 11 is 0. The number of benzene rings is 1. The van der Waals surface area contributed by atoms with Crippen LogP contribution in [0.4, 0.5) is 5.69 Å². The number of hydrogen-bond acceptors (Lipinski definition) is 6. The lowest BCUT2D eigenvalue weighted by atomic mass is 10.1. The van der Waals surface area contributed by atoms with E-state index in [0.717, 1.165) is 5.56 Å². The van der Waals surface area contributed by atoms with Crippen LogP contribution in [0.15, 0.2) is 18.2 Å². The Balaban J connectivity index is 1.99. The van der Waals surface area contributed by atoms with Gasteiger partial charge in [-0.15, -0.1) is 0 Å². The smallest absolute Gasteiger partial charge is 0.340 e. The molecule has 0 radical (unpaired) electrons. The molecule has 132 valence electrons. The first kappa shape index (κ1) is 18.3. The SMILES string of the molecule is CCN(C(=O)COC(=O)c1cccc(C)c1N)C1CCS(=O)(=O)C1. The molecule has 2 N–H and O–H groups in total. The topological polar surface area (TPSA) is 107 Å². The largest absolute Gasteiger partial charge is 0.452 e. The molecule has 1 amide bonds. The molecule has 0 aromatic heterocycles. The molecule has 1 aromatic carbocycles. The zero-order chi connectivity index (χ0) is 17.9.